The number of hydrogen-bond donors (Lipinski definition) is 1. The second-order valence-corrected chi connectivity index (χ2v) is 4.60. The largest absolute Gasteiger partial charge is 0.396 e. The van der Waals surface area contributed by atoms with Gasteiger partial charge in [-0.25, -0.2) is 4.68 Å². The minimum Gasteiger partial charge on any atom is -0.396 e. The van der Waals surface area contributed by atoms with Gasteiger partial charge in [0.05, 0.1) is 10.9 Å². The van der Waals surface area contributed by atoms with E-state index in [-0.39, 0.29) is 11.6 Å². The van der Waals surface area contributed by atoms with Gasteiger partial charge in [-0.2, -0.15) is 10.4 Å². The molecule has 2 aromatic heterocycles. The van der Waals surface area contributed by atoms with Crippen LogP contribution in [0.25, 0.3) is 11.0 Å². The Balaban J connectivity index is 2.61. The van der Waals surface area contributed by atoms with Crippen LogP contribution in [0.4, 0.5) is 0 Å². The minimum atomic E-state index is -0.418. The number of halogens is 1. The van der Waals surface area contributed by atoms with Crippen LogP contribution in [0.1, 0.15) is 18.4 Å². The molecule has 7 heteroatoms. The topological polar surface area (TPSA) is 83.8 Å². The Bertz CT molecular complexity index is 711. The van der Waals surface area contributed by atoms with E-state index in [2.05, 4.69) is 5.10 Å². The molecule has 100 valence electrons. The molecule has 0 amide bonds. The summed E-state index contributed by atoms with van der Waals surface area (Å²) in [6.45, 7) is 0.733. The number of aliphatic hydroxyl groups is 1. The third-order valence-corrected chi connectivity index (χ3v) is 3.27. The van der Waals surface area contributed by atoms with Gasteiger partial charge in [0.1, 0.15) is 11.1 Å². The van der Waals surface area contributed by atoms with Crippen molar-refractivity contribution in [3.8, 4) is 6.07 Å². The lowest BCUT2D eigenvalue weighted by atomic mass is 10.2. The van der Waals surface area contributed by atoms with Crippen molar-refractivity contribution < 1.29 is 5.11 Å². The standard InChI is InChI=1S/C12H13ClN4O2/c1-16-12(19)10(13)9-8(6-14)7-17(11(9)15-16)4-2-3-5-18/h7,18H,2-5H2,1H3. The summed E-state index contributed by atoms with van der Waals surface area (Å²) in [5.74, 6) is 0. The second-order valence-electron chi connectivity index (χ2n) is 4.22. The maximum Gasteiger partial charge on any atom is 0.286 e. The number of hydrogen-bond acceptors (Lipinski definition) is 4. The highest BCUT2D eigenvalue weighted by Crippen LogP contribution is 2.24. The van der Waals surface area contributed by atoms with Crippen LogP contribution in [0.3, 0.4) is 0 Å². The number of nitrogens with zero attached hydrogens (tertiary/aromatic N) is 4. The van der Waals surface area contributed by atoms with E-state index in [0.717, 1.165) is 11.1 Å². The van der Waals surface area contributed by atoms with Crippen LogP contribution in [0.5, 0.6) is 0 Å². The highest BCUT2D eigenvalue weighted by Gasteiger charge is 2.16. The van der Waals surface area contributed by atoms with Gasteiger partial charge < -0.3 is 9.67 Å². The molecule has 0 aliphatic rings. The summed E-state index contributed by atoms with van der Waals surface area (Å²) in [6.07, 6.45) is 3.06. The van der Waals surface area contributed by atoms with Gasteiger partial charge in [-0.1, -0.05) is 11.6 Å². The monoisotopic (exact) mass is 280 g/mol. The molecule has 0 atom stereocenters. The van der Waals surface area contributed by atoms with Crippen LogP contribution in [0.2, 0.25) is 5.02 Å². The molecule has 1 N–H and O–H groups in total. The maximum absolute atomic E-state index is 11.7. The van der Waals surface area contributed by atoms with Crippen molar-refractivity contribution in [2.45, 2.75) is 19.4 Å². The first-order valence-corrected chi connectivity index (χ1v) is 6.24. The van der Waals surface area contributed by atoms with Gasteiger partial charge in [-0.3, -0.25) is 4.79 Å². The molecule has 0 spiro atoms. The third kappa shape index (κ3) is 2.35. The first-order chi connectivity index (χ1) is 9.10. The second kappa shape index (κ2) is 5.43. The molecule has 0 saturated heterocycles. The molecule has 6 nitrogen and oxygen atoms in total. The van der Waals surface area contributed by atoms with Crippen LogP contribution in [0.15, 0.2) is 11.0 Å². The summed E-state index contributed by atoms with van der Waals surface area (Å²) in [5.41, 5.74) is 0.439. The summed E-state index contributed by atoms with van der Waals surface area (Å²) in [4.78, 5) is 11.7. The fraction of sp³-hybridized carbons (Fsp3) is 0.417. The van der Waals surface area contributed by atoms with Crippen LogP contribution in [-0.2, 0) is 13.6 Å². The molecular formula is C12H13ClN4O2. The first-order valence-electron chi connectivity index (χ1n) is 5.86. The number of unbranched alkanes of at least 4 members (excludes halogenated alkanes) is 1. The molecule has 0 aromatic carbocycles. The number of fused-ring (bicyclic) bond motifs is 1. The van der Waals surface area contributed by atoms with E-state index in [1.165, 1.54) is 7.05 Å². The number of aryl methyl sites for hydroxylation is 2. The third-order valence-electron chi connectivity index (χ3n) is 2.92. The smallest absolute Gasteiger partial charge is 0.286 e. The molecule has 19 heavy (non-hydrogen) atoms. The van der Waals surface area contributed by atoms with Gasteiger partial charge in [0.15, 0.2) is 5.65 Å². The van der Waals surface area contributed by atoms with E-state index in [1.807, 2.05) is 6.07 Å². The molecule has 2 rings (SSSR count). The molecular weight excluding hydrogens is 268 g/mol. The Hall–Kier alpha value is -1.84. The van der Waals surface area contributed by atoms with E-state index in [9.17, 15) is 4.79 Å². The lowest BCUT2D eigenvalue weighted by Gasteiger charge is -2.05. The van der Waals surface area contributed by atoms with Crippen molar-refractivity contribution in [3.63, 3.8) is 0 Å². The summed E-state index contributed by atoms with van der Waals surface area (Å²) in [6, 6.07) is 2.03. The Labute approximate surface area is 114 Å². The normalized spacial score (nSPS) is 10.8. The van der Waals surface area contributed by atoms with E-state index in [1.54, 1.807) is 10.8 Å². The Morgan fingerprint density at radius 2 is 2.26 bits per heavy atom. The highest BCUT2D eigenvalue weighted by atomic mass is 35.5. The number of aromatic nitrogens is 3. The fourth-order valence-corrected chi connectivity index (χ4v) is 2.26. The van der Waals surface area contributed by atoms with Gasteiger partial charge in [-0.05, 0) is 12.8 Å². The molecule has 0 unspecified atom stereocenters. The lowest BCUT2D eigenvalue weighted by Crippen LogP contribution is -2.20. The summed E-state index contributed by atoms with van der Waals surface area (Å²) in [7, 11) is 1.52. The average Bonchev–Trinajstić information content (AvgIpc) is 2.75. The molecule has 2 heterocycles. The van der Waals surface area contributed by atoms with E-state index in [0.29, 0.717) is 29.6 Å². The van der Waals surface area contributed by atoms with Crippen molar-refractivity contribution in [1.82, 2.24) is 14.3 Å². The zero-order chi connectivity index (χ0) is 14.0. The minimum absolute atomic E-state index is 0.0185. The quantitative estimate of drug-likeness (QED) is 0.848. The molecule has 2 aromatic rings. The van der Waals surface area contributed by atoms with Crippen molar-refractivity contribution in [3.05, 3.63) is 27.1 Å². The van der Waals surface area contributed by atoms with Crippen LogP contribution >= 0.6 is 11.6 Å². The van der Waals surface area contributed by atoms with Crippen LogP contribution in [-0.4, -0.2) is 26.1 Å². The fourth-order valence-electron chi connectivity index (χ4n) is 1.96. The van der Waals surface area contributed by atoms with Crippen molar-refractivity contribution in [1.29, 1.82) is 5.26 Å². The highest BCUT2D eigenvalue weighted by molar-refractivity contribution is 6.35. The van der Waals surface area contributed by atoms with Crippen LogP contribution in [0, 0.1) is 11.3 Å². The van der Waals surface area contributed by atoms with Gasteiger partial charge in [0, 0.05) is 26.4 Å². The maximum atomic E-state index is 11.7. The van der Waals surface area contributed by atoms with E-state index >= 15 is 0 Å². The number of nitriles is 1. The van der Waals surface area contributed by atoms with Gasteiger partial charge in [0.25, 0.3) is 5.56 Å². The van der Waals surface area contributed by atoms with Gasteiger partial charge in [0.2, 0.25) is 0 Å². The Morgan fingerprint density at radius 3 is 2.89 bits per heavy atom. The summed E-state index contributed by atoms with van der Waals surface area (Å²) in [5, 5.41) is 22.5. The van der Waals surface area contributed by atoms with Crippen molar-refractivity contribution in [2.75, 3.05) is 6.61 Å². The number of rotatable bonds is 4. The van der Waals surface area contributed by atoms with Crippen molar-refractivity contribution in [2.24, 2.45) is 7.05 Å². The number of aliphatic hydroxyl groups excluding tert-OH is 1. The predicted octanol–water partition coefficient (Wildman–Crippen LogP) is 1.03. The molecule has 0 radical (unpaired) electrons. The van der Waals surface area contributed by atoms with Gasteiger partial charge >= 0.3 is 0 Å². The summed E-state index contributed by atoms with van der Waals surface area (Å²) >= 11 is 6.01. The zero-order valence-electron chi connectivity index (χ0n) is 10.4. The average molecular weight is 281 g/mol. The predicted molar refractivity (Wildman–Crippen MR) is 71.0 cm³/mol. The Kier molecular flexibility index (Phi) is 3.88. The summed E-state index contributed by atoms with van der Waals surface area (Å²) < 4.78 is 2.95. The molecule has 0 saturated carbocycles. The van der Waals surface area contributed by atoms with Gasteiger partial charge in [-0.15, -0.1) is 0 Å². The molecule has 0 aliphatic carbocycles. The first kappa shape index (κ1) is 13.6. The molecule has 0 aliphatic heterocycles. The zero-order valence-corrected chi connectivity index (χ0v) is 11.2. The SMILES string of the molecule is Cn1nc2c(c(C#N)cn2CCCCO)c(Cl)c1=O. The molecule has 0 fully saturated rings. The van der Waals surface area contributed by atoms with E-state index in [4.69, 9.17) is 22.0 Å². The van der Waals surface area contributed by atoms with E-state index < -0.39 is 5.56 Å². The van der Waals surface area contributed by atoms with Crippen molar-refractivity contribution >= 4 is 22.6 Å². The molecule has 0 bridgehead atoms. The lowest BCUT2D eigenvalue weighted by molar-refractivity contribution is 0.281. The Morgan fingerprint density at radius 1 is 1.53 bits per heavy atom. The van der Waals surface area contributed by atoms with Crippen LogP contribution < -0.4 is 5.56 Å².